The molecule has 0 aliphatic carbocycles. The maximum absolute atomic E-state index is 10.7. The molecule has 0 fully saturated rings. The highest BCUT2D eigenvalue weighted by Crippen LogP contribution is 2.10. The van der Waals surface area contributed by atoms with Gasteiger partial charge in [-0.05, 0) is 0 Å². The van der Waals surface area contributed by atoms with Crippen molar-refractivity contribution in [2.75, 3.05) is 24.7 Å². The van der Waals surface area contributed by atoms with Crippen molar-refractivity contribution in [2.45, 2.75) is 13.3 Å². The molecule has 0 aliphatic rings. The van der Waals surface area contributed by atoms with Gasteiger partial charge in [-0.1, -0.05) is 6.92 Å². The monoisotopic (exact) mass is 250 g/mol. The molecule has 1 rings (SSSR count). The fourth-order valence-electron chi connectivity index (χ4n) is 0.875. The Kier molecular flexibility index (Phi) is 4.43. The van der Waals surface area contributed by atoms with Gasteiger partial charge in [-0.3, -0.25) is 0 Å². The van der Waals surface area contributed by atoms with E-state index in [-0.39, 0.29) is 0 Å². The molecule has 1 aromatic rings. The van der Waals surface area contributed by atoms with E-state index in [0.29, 0.717) is 13.1 Å². The van der Waals surface area contributed by atoms with Gasteiger partial charge in [-0.2, -0.15) is 4.37 Å². The number of aromatic nitrogens is 2. The molecule has 0 atom stereocenters. The van der Waals surface area contributed by atoms with Crippen molar-refractivity contribution in [3.05, 3.63) is 5.82 Å². The summed E-state index contributed by atoms with van der Waals surface area (Å²) in [4.78, 5) is 4.18. The quantitative estimate of drug-likeness (QED) is 0.698. The van der Waals surface area contributed by atoms with Crippen molar-refractivity contribution in [1.82, 2.24) is 14.1 Å². The summed E-state index contributed by atoms with van der Waals surface area (Å²) >= 11 is 1.28. The van der Waals surface area contributed by atoms with Gasteiger partial charge in [0, 0.05) is 31.0 Å². The number of hydrogen-bond acceptors (Lipinski definition) is 6. The number of hydrogen-bond donors (Lipinski definition) is 2. The van der Waals surface area contributed by atoms with Gasteiger partial charge in [0.05, 0.1) is 6.26 Å². The zero-order valence-electron chi connectivity index (χ0n) is 8.65. The molecule has 0 saturated heterocycles. The highest BCUT2D eigenvalue weighted by Gasteiger charge is 2.02. The average Bonchev–Trinajstić information content (AvgIpc) is 2.59. The average molecular weight is 250 g/mol. The Balaban J connectivity index is 2.26. The van der Waals surface area contributed by atoms with E-state index < -0.39 is 10.0 Å². The van der Waals surface area contributed by atoms with Gasteiger partial charge >= 0.3 is 0 Å². The Morgan fingerprint density at radius 3 is 2.67 bits per heavy atom. The van der Waals surface area contributed by atoms with Crippen molar-refractivity contribution in [3.8, 4) is 0 Å². The van der Waals surface area contributed by atoms with Crippen molar-refractivity contribution in [1.29, 1.82) is 0 Å². The summed E-state index contributed by atoms with van der Waals surface area (Å²) in [6, 6.07) is 0. The van der Waals surface area contributed by atoms with Crippen LogP contribution in [0.5, 0.6) is 0 Å². The lowest BCUT2D eigenvalue weighted by Crippen LogP contribution is -2.27. The molecule has 0 aliphatic heterocycles. The molecule has 86 valence electrons. The van der Waals surface area contributed by atoms with Crippen LogP contribution in [-0.2, 0) is 16.4 Å². The van der Waals surface area contributed by atoms with Gasteiger partial charge in [0.2, 0.25) is 15.2 Å². The van der Waals surface area contributed by atoms with Crippen LogP contribution in [0.25, 0.3) is 0 Å². The summed E-state index contributed by atoms with van der Waals surface area (Å²) in [6.45, 7) is 2.84. The molecule has 6 nitrogen and oxygen atoms in total. The molecule has 15 heavy (non-hydrogen) atoms. The maximum atomic E-state index is 10.7. The van der Waals surface area contributed by atoms with Crippen LogP contribution >= 0.6 is 11.5 Å². The van der Waals surface area contributed by atoms with Gasteiger partial charge in [-0.25, -0.2) is 18.1 Å². The van der Waals surface area contributed by atoms with Crippen LogP contribution in [-0.4, -0.2) is 37.1 Å². The van der Waals surface area contributed by atoms with Crippen molar-refractivity contribution >= 4 is 26.7 Å². The Labute approximate surface area is 93.3 Å². The van der Waals surface area contributed by atoms with Crippen molar-refractivity contribution < 1.29 is 8.42 Å². The number of nitrogens with zero attached hydrogens (tertiary/aromatic N) is 2. The predicted octanol–water partition coefficient (Wildman–Crippen LogP) is 0.0616. The van der Waals surface area contributed by atoms with E-state index in [2.05, 4.69) is 19.4 Å². The SMILES string of the molecule is CCc1nsc(NCCNS(C)(=O)=O)n1. The summed E-state index contributed by atoms with van der Waals surface area (Å²) < 4.78 is 27.9. The largest absolute Gasteiger partial charge is 0.359 e. The summed E-state index contributed by atoms with van der Waals surface area (Å²) in [7, 11) is -3.10. The third-order valence-electron chi connectivity index (χ3n) is 1.55. The second-order valence-electron chi connectivity index (χ2n) is 2.96. The van der Waals surface area contributed by atoms with Crippen LogP contribution in [0.4, 0.5) is 5.13 Å². The lowest BCUT2D eigenvalue weighted by Gasteiger charge is -2.02. The molecular formula is C7H14N4O2S2. The molecule has 8 heteroatoms. The Hall–Kier alpha value is -0.730. The highest BCUT2D eigenvalue weighted by molar-refractivity contribution is 7.88. The van der Waals surface area contributed by atoms with Crippen molar-refractivity contribution in [2.24, 2.45) is 0 Å². The maximum Gasteiger partial charge on any atom is 0.208 e. The van der Waals surface area contributed by atoms with Gasteiger partial charge in [0.1, 0.15) is 5.82 Å². The van der Waals surface area contributed by atoms with Gasteiger partial charge in [0.15, 0.2) is 0 Å². The third kappa shape index (κ3) is 5.05. The van der Waals surface area contributed by atoms with Crippen LogP contribution in [0.3, 0.4) is 0 Å². The van der Waals surface area contributed by atoms with E-state index >= 15 is 0 Å². The standard InChI is InChI=1S/C7H14N4O2S2/c1-3-6-10-7(14-11-6)8-4-5-9-15(2,12)13/h9H,3-5H2,1-2H3,(H,8,10,11). The van der Waals surface area contributed by atoms with E-state index in [4.69, 9.17) is 0 Å². The minimum Gasteiger partial charge on any atom is -0.359 e. The van der Waals surface area contributed by atoms with Crippen LogP contribution in [0.15, 0.2) is 0 Å². The van der Waals surface area contributed by atoms with E-state index in [9.17, 15) is 8.42 Å². The molecule has 0 unspecified atom stereocenters. The van der Waals surface area contributed by atoms with Gasteiger partial charge in [0.25, 0.3) is 0 Å². The summed E-state index contributed by atoms with van der Waals surface area (Å²) in [5, 5.41) is 3.71. The van der Waals surface area contributed by atoms with E-state index in [1.807, 2.05) is 6.92 Å². The van der Waals surface area contributed by atoms with Crippen LogP contribution in [0.2, 0.25) is 0 Å². The van der Waals surface area contributed by atoms with E-state index in [0.717, 1.165) is 23.6 Å². The molecular weight excluding hydrogens is 236 g/mol. The number of sulfonamides is 1. The predicted molar refractivity (Wildman–Crippen MR) is 60.6 cm³/mol. The van der Waals surface area contributed by atoms with Crippen LogP contribution in [0.1, 0.15) is 12.7 Å². The van der Waals surface area contributed by atoms with Crippen LogP contribution < -0.4 is 10.0 Å². The second-order valence-corrected chi connectivity index (χ2v) is 5.55. The lowest BCUT2D eigenvalue weighted by atomic mass is 10.5. The molecule has 0 aromatic carbocycles. The molecule has 0 bridgehead atoms. The number of aryl methyl sites for hydroxylation is 1. The topological polar surface area (TPSA) is 84.0 Å². The lowest BCUT2D eigenvalue weighted by molar-refractivity contribution is 0.589. The molecule has 0 saturated carbocycles. The molecule has 0 amide bonds. The molecule has 1 aromatic heterocycles. The Morgan fingerprint density at radius 2 is 2.13 bits per heavy atom. The fourth-order valence-corrected chi connectivity index (χ4v) is 2.02. The first-order chi connectivity index (χ1) is 7.01. The zero-order valence-corrected chi connectivity index (χ0v) is 10.3. The summed E-state index contributed by atoms with van der Waals surface area (Å²) in [5.74, 6) is 0.804. The van der Waals surface area contributed by atoms with E-state index in [1.165, 1.54) is 11.5 Å². The summed E-state index contributed by atoms with van der Waals surface area (Å²) in [5.41, 5.74) is 0. The van der Waals surface area contributed by atoms with Crippen molar-refractivity contribution in [3.63, 3.8) is 0 Å². The Bertz CT molecular complexity index is 401. The summed E-state index contributed by atoms with van der Waals surface area (Å²) in [6.07, 6.45) is 1.94. The molecule has 1 heterocycles. The minimum atomic E-state index is -3.10. The molecule has 2 N–H and O–H groups in total. The smallest absolute Gasteiger partial charge is 0.208 e. The first-order valence-corrected chi connectivity index (χ1v) is 7.19. The molecule has 0 spiro atoms. The van der Waals surface area contributed by atoms with Crippen LogP contribution in [0, 0.1) is 0 Å². The first-order valence-electron chi connectivity index (χ1n) is 4.52. The first kappa shape index (κ1) is 12.3. The molecule has 0 radical (unpaired) electrons. The third-order valence-corrected chi connectivity index (χ3v) is 2.99. The second kappa shape index (κ2) is 5.38. The minimum absolute atomic E-state index is 0.347. The highest BCUT2D eigenvalue weighted by atomic mass is 32.2. The normalized spacial score (nSPS) is 11.6. The number of nitrogens with one attached hydrogen (secondary N) is 2. The number of rotatable bonds is 6. The van der Waals surface area contributed by atoms with Gasteiger partial charge < -0.3 is 5.32 Å². The fraction of sp³-hybridized carbons (Fsp3) is 0.714. The number of anilines is 1. The Morgan fingerprint density at radius 1 is 1.40 bits per heavy atom. The van der Waals surface area contributed by atoms with E-state index in [1.54, 1.807) is 0 Å². The van der Waals surface area contributed by atoms with Gasteiger partial charge in [-0.15, -0.1) is 0 Å². The zero-order chi connectivity index (χ0) is 11.3.